The van der Waals surface area contributed by atoms with Crippen molar-refractivity contribution in [1.82, 2.24) is 10.3 Å². The topological polar surface area (TPSA) is 83.1 Å². The molecular formula is C19H22N4O2. The Hall–Kier alpha value is -2.89. The molecule has 1 aliphatic rings. The number of carbonyl (C=O) groups excluding carboxylic acids is 2. The minimum absolute atomic E-state index is 0.0888. The van der Waals surface area contributed by atoms with Gasteiger partial charge >= 0.3 is 6.03 Å². The van der Waals surface area contributed by atoms with Gasteiger partial charge in [0.25, 0.3) is 0 Å². The molecule has 1 heterocycles. The standard InChI is InChI=1S/C19H22N4O2/c1-12-11-17(9-10-20-12)23-19(25)21-13(2)14-5-7-16(8-6-14)22-18(24)15-3-4-15/h5-11,13,15H,3-4H2,1-2H3,(H,22,24)(H2,20,21,23,25)/t13-/m1/s1. The Balaban J connectivity index is 1.54. The lowest BCUT2D eigenvalue weighted by atomic mass is 10.1. The first-order valence-corrected chi connectivity index (χ1v) is 8.42. The zero-order valence-electron chi connectivity index (χ0n) is 14.4. The predicted molar refractivity (Wildman–Crippen MR) is 97.3 cm³/mol. The smallest absolute Gasteiger partial charge is 0.319 e. The summed E-state index contributed by atoms with van der Waals surface area (Å²) in [5.41, 5.74) is 3.29. The van der Waals surface area contributed by atoms with E-state index in [4.69, 9.17) is 0 Å². The van der Waals surface area contributed by atoms with Crippen molar-refractivity contribution in [3.8, 4) is 0 Å². The summed E-state index contributed by atoms with van der Waals surface area (Å²) < 4.78 is 0. The van der Waals surface area contributed by atoms with Crippen molar-refractivity contribution in [1.29, 1.82) is 0 Å². The molecule has 2 aromatic rings. The van der Waals surface area contributed by atoms with Crippen LogP contribution in [0.1, 0.15) is 37.1 Å². The summed E-state index contributed by atoms with van der Waals surface area (Å²) >= 11 is 0. The monoisotopic (exact) mass is 338 g/mol. The Bertz CT molecular complexity index is 769. The summed E-state index contributed by atoms with van der Waals surface area (Å²) in [5.74, 6) is 0.270. The van der Waals surface area contributed by atoms with Crippen LogP contribution < -0.4 is 16.0 Å². The quantitative estimate of drug-likeness (QED) is 0.778. The van der Waals surface area contributed by atoms with Crippen molar-refractivity contribution >= 4 is 23.3 Å². The Labute approximate surface area is 147 Å². The van der Waals surface area contributed by atoms with Gasteiger partial charge in [-0.3, -0.25) is 9.78 Å². The van der Waals surface area contributed by atoms with Crippen molar-refractivity contribution in [2.45, 2.75) is 32.7 Å². The number of pyridine rings is 1. The number of anilines is 2. The molecule has 3 rings (SSSR count). The molecule has 1 aliphatic carbocycles. The van der Waals surface area contributed by atoms with Crippen molar-refractivity contribution in [3.05, 3.63) is 53.9 Å². The highest BCUT2D eigenvalue weighted by Crippen LogP contribution is 2.30. The second-order valence-electron chi connectivity index (χ2n) is 6.39. The normalized spacial score (nSPS) is 14.5. The third-order valence-electron chi connectivity index (χ3n) is 4.13. The van der Waals surface area contributed by atoms with Crippen LogP contribution in [0.25, 0.3) is 0 Å². The van der Waals surface area contributed by atoms with Gasteiger partial charge in [-0.2, -0.15) is 0 Å². The van der Waals surface area contributed by atoms with E-state index < -0.39 is 0 Å². The maximum absolute atomic E-state index is 12.1. The zero-order chi connectivity index (χ0) is 17.8. The van der Waals surface area contributed by atoms with Crippen LogP contribution in [0.5, 0.6) is 0 Å². The van der Waals surface area contributed by atoms with Gasteiger partial charge in [-0.15, -0.1) is 0 Å². The van der Waals surface area contributed by atoms with Gasteiger partial charge in [0.15, 0.2) is 0 Å². The van der Waals surface area contributed by atoms with Crippen molar-refractivity contribution in [2.24, 2.45) is 5.92 Å². The number of nitrogens with zero attached hydrogens (tertiary/aromatic N) is 1. The molecule has 0 saturated heterocycles. The zero-order valence-corrected chi connectivity index (χ0v) is 14.4. The third kappa shape index (κ3) is 4.79. The Morgan fingerprint density at radius 3 is 2.44 bits per heavy atom. The molecule has 25 heavy (non-hydrogen) atoms. The van der Waals surface area contributed by atoms with E-state index in [0.717, 1.165) is 29.8 Å². The summed E-state index contributed by atoms with van der Waals surface area (Å²) in [4.78, 5) is 28.0. The molecule has 0 spiro atoms. The lowest BCUT2D eigenvalue weighted by molar-refractivity contribution is -0.117. The van der Waals surface area contributed by atoms with E-state index >= 15 is 0 Å². The van der Waals surface area contributed by atoms with Gasteiger partial charge in [-0.1, -0.05) is 12.1 Å². The van der Waals surface area contributed by atoms with Crippen molar-refractivity contribution in [2.75, 3.05) is 10.6 Å². The minimum atomic E-state index is -0.274. The fourth-order valence-electron chi connectivity index (χ4n) is 2.52. The summed E-state index contributed by atoms with van der Waals surface area (Å²) in [6.07, 6.45) is 3.62. The molecule has 1 fully saturated rings. The lowest BCUT2D eigenvalue weighted by Gasteiger charge is -2.16. The molecule has 1 aromatic carbocycles. The molecule has 1 aromatic heterocycles. The SMILES string of the molecule is Cc1cc(NC(=O)N[C@H](C)c2ccc(NC(=O)C3CC3)cc2)ccn1. The average Bonchev–Trinajstić information content (AvgIpc) is 3.40. The van der Waals surface area contributed by atoms with Crippen LogP contribution in [0.4, 0.5) is 16.2 Å². The van der Waals surface area contributed by atoms with Crippen LogP contribution >= 0.6 is 0 Å². The van der Waals surface area contributed by atoms with Gasteiger partial charge in [0.05, 0.1) is 6.04 Å². The van der Waals surface area contributed by atoms with E-state index in [1.807, 2.05) is 44.2 Å². The summed E-state index contributed by atoms with van der Waals surface area (Å²) in [5, 5.41) is 8.59. The Kier molecular flexibility index (Phi) is 4.97. The second-order valence-corrected chi connectivity index (χ2v) is 6.39. The number of aryl methyl sites for hydroxylation is 1. The molecule has 6 nitrogen and oxygen atoms in total. The first-order chi connectivity index (χ1) is 12.0. The van der Waals surface area contributed by atoms with Crippen molar-refractivity contribution in [3.63, 3.8) is 0 Å². The highest BCUT2D eigenvalue weighted by atomic mass is 16.2. The molecular weight excluding hydrogens is 316 g/mol. The fraction of sp³-hybridized carbons (Fsp3) is 0.316. The summed E-state index contributed by atoms with van der Waals surface area (Å²) in [7, 11) is 0. The number of benzene rings is 1. The van der Waals surface area contributed by atoms with Crippen LogP contribution in [-0.4, -0.2) is 16.9 Å². The second kappa shape index (κ2) is 7.34. The van der Waals surface area contributed by atoms with Gasteiger partial charge in [0, 0.05) is 29.2 Å². The van der Waals surface area contributed by atoms with Crippen LogP contribution in [0.2, 0.25) is 0 Å². The van der Waals surface area contributed by atoms with E-state index in [0.29, 0.717) is 5.69 Å². The average molecular weight is 338 g/mol. The molecule has 0 radical (unpaired) electrons. The first kappa shape index (κ1) is 17.0. The number of rotatable bonds is 5. The molecule has 3 amide bonds. The molecule has 1 atom stereocenters. The molecule has 3 N–H and O–H groups in total. The van der Waals surface area contributed by atoms with Crippen molar-refractivity contribution < 1.29 is 9.59 Å². The van der Waals surface area contributed by atoms with Gasteiger partial charge in [0.1, 0.15) is 0 Å². The van der Waals surface area contributed by atoms with Gasteiger partial charge < -0.3 is 16.0 Å². The molecule has 0 bridgehead atoms. The van der Waals surface area contributed by atoms with Crippen LogP contribution in [-0.2, 0) is 4.79 Å². The summed E-state index contributed by atoms with van der Waals surface area (Å²) in [6, 6.07) is 10.7. The summed E-state index contributed by atoms with van der Waals surface area (Å²) in [6.45, 7) is 3.78. The molecule has 1 saturated carbocycles. The number of carbonyl (C=O) groups is 2. The van der Waals surface area contributed by atoms with E-state index in [2.05, 4.69) is 20.9 Å². The number of hydrogen-bond acceptors (Lipinski definition) is 3. The highest BCUT2D eigenvalue weighted by molar-refractivity contribution is 5.94. The van der Waals surface area contributed by atoms with Crippen LogP contribution in [0, 0.1) is 12.8 Å². The number of nitrogens with one attached hydrogen (secondary N) is 3. The van der Waals surface area contributed by atoms with Gasteiger partial charge in [-0.05, 0) is 56.5 Å². The van der Waals surface area contributed by atoms with E-state index in [1.54, 1.807) is 12.3 Å². The molecule has 0 aliphatic heterocycles. The third-order valence-corrected chi connectivity index (χ3v) is 4.13. The van der Waals surface area contributed by atoms with E-state index in [9.17, 15) is 9.59 Å². The largest absolute Gasteiger partial charge is 0.331 e. The number of aromatic nitrogens is 1. The minimum Gasteiger partial charge on any atom is -0.331 e. The first-order valence-electron chi connectivity index (χ1n) is 8.42. The fourth-order valence-corrected chi connectivity index (χ4v) is 2.52. The number of amides is 3. The maximum Gasteiger partial charge on any atom is 0.319 e. The van der Waals surface area contributed by atoms with E-state index in [-0.39, 0.29) is 23.9 Å². The predicted octanol–water partition coefficient (Wildman–Crippen LogP) is 3.62. The van der Waals surface area contributed by atoms with E-state index in [1.165, 1.54) is 0 Å². The number of urea groups is 1. The molecule has 130 valence electrons. The lowest BCUT2D eigenvalue weighted by Crippen LogP contribution is -2.31. The van der Waals surface area contributed by atoms with Gasteiger partial charge in [0.2, 0.25) is 5.91 Å². The van der Waals surface area contributed by atoms with Crippen LogP contribution in [0.15, 0.2) is 42.6 Å². The highest BCUT2D eigenvalue weighted by Gasteiger charge is 2.29. The molecule has 6 heteroatoms. The maximum atomic E-state index is 12.1. The van der Waals surface area contributed by atoms with Gasteiger partial charge in [-0.25, -0.2) is 4.79 Å². The Morgan fingerprint density at radius 2 is 1.80 bits per heavy atom. The number of hydrogen-bond donors (Lipinski definition) is 3. The Morgan fingerprint density at radius 1 is 1.08 bits per heavy atom. The molecule has 0 unspecified atom stereocenters. The van der Waals surface area contributed by atoms with Crippen LogP contribution in [0.3, 0.4) is 0 Å².